The lowest BCUT2D eigenvalue weighted by Gasteiger charge is -2.16. The Morgan fingerprint density at radius 1 is 1.14 bits per heavy atom. The second-order valence-electron chi connectivity index (χ2n) is 5.41. The van der Waals surface area contributed by atoms with Gasteiger partial charge >= 0.3 is 0 Å². The third kappa shape index (κ3) is 3.29. The molecule has 5 nitrogen and oxygen atoms in total. The fraction of sp³-hybridized carbons (Fsp3) is 0.438. The van der Waals surface area contributed by atoms with Gasteiger partial charge in [-0.2, -0.15) is 5.10 Å². The molecule has 0 N–H and O–H groups in total. The molecule has 0 radical (unpaired) electrons. The van der Waals surface area contributed by atoms with Crippen LogP contribution in [0.1, 0.15) is 24.1 Å². The minimum Gasteiger partial charge on any atom is -0.341 e. The third-order valence-electron chi connectivity index (χ3n) is 3.90. The number of hydrogen-bond donors (Lipinski definition) is 0. The Bertz CT molecular complexity index is 595. The monoisotopic (exact) mass is 284 g/mol. The SMILES string of the molecule is CC(=O)N1CCc2nc(CCc3ccccc3)nn2CC1. The maximum Gasteiger partial charge on any atom is 0.219 e. The van der Waals surface area contributed by atoms with E-state index in [2.05, 4.69) is 34.3 Å². The summed E-state index contributed by atoms with van der Waals surface area (Å²) in [6.07, 6.45) is 2.61. The number of fused-ring (bicyclic) bond motifs is 1. The quantitative estimate of drug-likeness (QED) is 0.857. The molecule has 1 aliphatic heterocycles. The van der Waals surface area contributed by atoms with Crippen LogP contribution in [0.25, 0.3) is 0 Å². The Balaban J connectivity index is 1.63. The number of carbonyl (C=O) groups excluding carboxylic acids is 1. The summed E-state index contributed by atoms with van der Waals surface area (Å²) in [5.41, 5.74) is 1.31. The average molecular weight is 284 g/mol. The van der Waals surface area contributed by atoms with Crippen LogP contribution >= 0.6 is 0 Å². The summed E-state index contributed by atoms with van der Waals surface area (Å²) in [6, 6.07) is 10.4. The van der Waals surface area contributed by atoms with Crippen molar-refractivity contribution < 1.29 is 4.79 Å². The number of aryl methyl sites for hydroxylation is 2. The highest BCUT2D eigenvalue weighted by Gasteiger charge is 2.18. The zero-order valence-corrected chi connectivity index (χ0v) is 12.3. The molecule has 0 atom stereocenters. The molecule has 3 rings (SSSR count). The minimum atomic E-state index is 0.130. The van der Waals surface area contributed by atoms with E-state index in [1.54, 1.807) is 6.92 Å². The average Bonchev–Trinajstić information content (AvgIpc) is 2.78. The second kappa shape index (κ2) is 6.08. The van der Waals surface area contributed by atoms with Gasteiger partial charge in [0.05, 0.1) is 6.54 Å². The van der Waals surface area contributed by atoms with Gasteiger partial charge in [-0.05, 0) is 12.0 Å². The highest BCUT2D eigenvalue weighted by molar-refractivity contribution is 5.73. The van der Waals surface area contributed by atoms with Crippen LogP contribution in [0.2, 0.25) is 0 Å². The molecule has 2 aromatic rings. The van der Waals surface area contributed by atoms with Crippen LogP contribution in [-0.4, -0.2) is 38.7 Å². The second-order valence-corrected chi connectivity index (χ2v) is 5.41. The van der Waals surface area contributed by atoms with E-state index in [4.69, 9.17) is 0 Å². The lowest BCUT2D eigenvalue weighted by molar-refractivity contribution is -0.128. The molecule has 1 amide bonds. The molecule has 21 heavy (non-hydrogen) atoms. The first kappa shape index (κ1) is 13.8. The largest absolute Gasteiger partial charge is 0.341 e. The summed E-state index contributed by atoms with van der Waals surface area (Å²) in [4.78, 5) is 17.9. The molecule has 0 aliphatic carbocycles. The molecule has 110 valence electrons. The summed E-state index contributed by atoms with van der Waals surface area (Å²) in [5.74, 6) is 2.04. The molecule has 0 unspecified atom stereocenters. The van der Waals surface area contributed by atoms with Crippen LogP contribution in [0.15, 0.2) is 30.3 Å². The topological polar surface area (TPSA) is 51.0 Å². The standard InChI is InChI=1S/C16H20N4O/c1-13(21)19-10-9-16-17-15(18-20(16)12-11-19)8-7-14-5-3-2-4-6-14/h2-6H,7-12H2,1H3. The van der Waals surface area contributed by atoms with Gasteiger partial charge in [0.25, 0.3) is 0 Å². The van der Waals surface area contributed by atoms with Crippen molar-refractivity contribution >= 4 is 5.91 Å². The Labute approximate surface area is 124 Å². The molecule has 0 bridgehead atoms. The van der Waals surface area contributed by atoms with Crippen molar-refractivity contribution in [1.82, 2.24) is 19.7 Å². The maximum atomic E-state index is 11.4. The summed E-state index contributed by atoms with van der Waals surface area (Å²) < 4.78 is 1.96. The van der Waals surface area contributed by atoms with E-state index in [0.29, 0.717) is 0 Å². The molecule has 1 aliphatic rings. The molecule has 1 aromatic heterocycles. The Morgan fingerprint density at radius 3 is 2.71 bits per heavy atom. The molecular weight excluding hydrogens is 264 g/mol. The van der Waals surface area contributed by atoms with Gasteiger partial charge in [-0.1, -0.05) is 30.3 Å². The Hall–Kier alpha value is -2.17. The van der Waals surface area contributed by atoms with Gasteiger partial charge in [-0.15, -0.1) is 0 Å². The molecular formula is C16H20N4O. The molecule has 0 saturated heterocycles. The summed E-state index contributed by atoms with van der Waals surface area (Å²) in [7, 11) is 0. The van der Waals surface area contributed by atoms with Gasteiger partial charge in [-0.25, -0.2) is 9.67 Å². The van der Waals surface area contributed by atoms with E-state index in [9.17, 15) is 4.79 Å². The number of carbonyl (C=O) groups is 1. The first-order valence-electron chi connectivity index (χ1n) is 7.44. The fourth-order valence-corrected chi connectivity index (χ4v) is 2.67. The summed E-state index contributed by atoms with van der Waals surface area (Å²) >= 11 is 0. The van der Waals surface area contributed by atoms with E-state index >= 15 is 0 Å². The molecule has 2 heterocycles. The number of rotatable bonds is 3. The van der Waals surface area contributed by atoms with Gasteiger partial charge in [0.15, 0.2) is 5.82 Å². The van der Waals surface area contributed by atoms with Gasteiger partial charge in [0.2, 0.25) is 5.91 Å². The maximum absolute atomic E-state index is 11.4. The zero-order chi connectivity index (χ0) is 14.7. The number of hydrogen-bond acceptors (Lipinski definition) is 3. The normalized spacial score (nSPS) is 14.6. The predicted octanol–water partition coefficient (Wildman–Crippen LogP) is 1.47. The first-order chi connectivity index (χ1) is 10.2. The van der Waals surface area contributed by atoms with Crippen molar-refractivity contribution in [2.45, 2.75) is 32.7 Å². The number of benzene rings is 1. The van der Waals surface area contributed by atoms with Crippen LogP contribution < -0.4 is 0 Å². The van der Waals surface area contributed by atoms with Crippen LogP contribution in [0.4, 0.5) is 0 Å². The Kier molecular flexibility index (Phi) is 3.99. The molecule has 0 saturated carbocycles. The van der Waals surface area contributed by atoms with Crippen molar-refractivity contribution in [3.63, 3.8) is 0 Å². The van der Waals surface area contributed by atoms with Gasteiger partial charge in [-0.3, -0.25) is 4.79 Å². The number of amides is 1. The number of aromatic nitrogens is 3. The van der Waals surface area contributed by atoms with E-state index in [0.717, 1.165) is 50.5 Å². The first-order valence-corrected chi connectivity index (χ1v) is 7.44. The number of nitrogens with zero attached hydrogens (tertiary/aromatic N) is 4. The molecule has 0 spiro atoms. The van der Waals surface area contributed by atoms with Crippen LogP contribution in [0, 0.1) is 0 Å². The smallest absolute Gasteiger partial charge is 0.219 e. The highest BCUT2D eigenvalue weighted by Crippen LogP contribution is 2.09. The highest BCUT2D eigenvalue weighted by atomic mass is 16.2. The van der Waals surface area contributed by atoms with Crippen molar-refractivity contribution in [2.75, 3.05) is 13.1 Å². The van der Waals surface area contributed by atoms with Crippen molar-refractivity contribution in [2.24, 2.45) is 0 Å². The zero-order valence-electron chi connectivity index (χ0n) is 12.3. The lowest BCUT2D eigenvalue weighted by atomic mass is 10.1. The van der Waals surface area contributed by atoms with E-state index in [1.807, 2.05) is 15.6 Å². The molecule has 5 heteroatoms. The predicted molar refractivity (Wildman–Crippen MR) is 79.8 cm³/mol. The van der Waals surface area contributed by atoms with Crippen LogP contribution in [0.3, 0.4) is 0 Å². The Morgan fingerprint density at radius 2 is 1.95 bits per heavy atom. The van der Waals surface area contributed by atoms with Gasteiger partial charge < -0.3 is 4.90 Å². The fourth-order valence-electron chi connectivity index (χ4n) is 2.67. The molecule has 0 fully saturated rings. The van der Waals surface area contributed by atoms with E-state index in [1.165, 1.54) is 5.56 Å². The van der Waals surface area contributed by atoms with E-state index < -0.39 is 0 Å². The van der Waals surface area contributed by atoms with Gasteiger partial charge in [0, 0.05) is 32.9 Å². The van der Waals surface area contributed by atoms with Crippen LogP contribution in [0.5, 0.6) is 0 Å². The van der Waals surface area contributed by atoms with E-state index in [-0.39, 0.29) is 5.91 Å². The van der Waals surface area contributed by atoms with Crippen molar-refractivity contribution in [1.29, 1.82) is 0 Å². The lowest BCUT2D eigenvalue weighted by Crippen LogP contribution is -2.31. The minimum absolute atomic E-state index is 0.130. The molecule has 1 aromatic carbocycles. The summed E-state index contributed by atoms with van der Waals surface area (Å²) in [5, 5.41) is 4.59. The van der Waals surface area contributed by atoms with Crippen molar-refractivity contribution in [3.05, 3.63) is 47.5 Å². The van der Waals surface area contributed by atoms with Gasteiger partial charge in [0.1, 0.15) is 5.82 Å². The third-order valence-corrected chi connectivity index (χ3v) is 3.90. The summed E-state index contributed by atoms with van der Waals surface area (Å²) in [6.45, 7) is 3.83. The van der Waals surface area contributed by atoms with Crippen molar-refractivity contribution in [3.8, 4) is 0 Å². The van der Waals surface area contributed by atoms with Crippen LogP contribution in [-0.2, 0) is 30.6 Å².